The second-order valence-corrected chi connectivity index (χ2v) is 5.10. The third-order valence-corrected chi connectivity index (χ3v) is 3.94. The van der Waals surface area contributed by atoms with Crippen molar-refractivity contribution in [2.75, 3.05) is 6.61 Å². The van der Waals surface area contributed by atoms with Gasteiger partial charge in [-0.1, -0.05) is 19.8 Å². The second kappa shape index (κ2) is 6.16. The fourth-order valence-electron chi connectivity index (χ4n) is 2.99. The Balaban J connectivity index is 2.18. The largest absolute Gasteiger partial charge is 0.492 e. The zero-order chi connectivity index (χ0) is 13.0. The number of aromatic nitrogens is 1. The minimum Gasteiger partial charge on any atom is -0.492 e. The zero-order valence-corrected chi connectivity index (χ0v) is 11.2. The lowest BCUT2D eigenvalue weighted by Crippen LogP contribution is -2.34. The average Bonchev–Trinajstić information content (AvgIpc) is 2.78. The van der Waals surface area contributed by atoms with Gasteiger partial charge in [0.05, 0.1) is 18.8 Å². The van der Waals surface area contributed by atoms with Gasteiger partial charge in [-0.05, 0) is 36.8 Å². The third kappa shape index (κ3) is 2.82. The van der Waals surface area contributed by atoms with Crippen LogP contribution in [0, 0.1) is 11.8 Å². The fraction of sp³-hybridized carbons (Fsp3) is 0.643. The highest BCUT2D eigenvalue weighted by molar-refractivity contribution is 5.26. The van der Waals surface area contributed by atoms with Crippen LogP contribution in [0.4, 0.5) is 0 Å². The van der Waals surface area contributed by atoms with E-state index in [4.69, 9.17) is 10.6 Å². The van der Waals surface area contributed by atoms with Crippen LogP contribution in [-0.4, -0.2) is 11.6 Å². The van der Waals surface area contributed by atoms with Crippen LogP contribution in [0.5, 0.6) is 5.75 Å². The standard InChI is InChI=1S/C14H23N3O/c1-3-18-12-7-11(8-16-9-12)14(17-15)13-6-4-5-10(13)2/h7-10,13-14,17H,3-6,15H2,1-2H3. The fourth-order valence-corrected chi connectivity index (χ4v) is 2.99. The average molecular weight is 249 g/mol. The molecule has 1 heterocycles. The number of hydrogen-bond acceptors (Lipinski definition) is 4. The van der Waals surface area contributed by atoms with E-state index in [1.54, 1.807) is 6.20 Å². The maximum atomic E-state index is 5.75. The summed E-state index contributed by atoms with van der Waals surface area (Å²) in [6.07, 6.45) is 7.45. The van der Waals surface area contributed by atoms with E-state index in [9.17, 15) is 0 Å². The van der Waals surface area contributed by atoms with Crippen molar-refractivity contribution in [3.8, 4) is 5.75 Å². The van der Waals surface area contributed by atoms with Crippen molar-refractivity contribution in [3.05, 3.63) is 24.0 Å². The molecule has 2 rings (SSSR count). The monoisotopic (exact) mass is 249 g/mol. The minimum atomic E-state index is 0.176. The van der Waals surface area contributed by atoms with Crippen LogP contribution in [-0.2, 0) is 0 Å². The molecular formula is C14H23N3O. The van der Waals surface area contributed by atoms with Crippen molar-refractivity contribution in [1.82, 2.24) is 10.4 Å². The van der Waals surface area contributed by atoms with Gasteiger partial charge in [0.2, 0.25) is 0 Å². The molecule has 0 aromatic carbocycles. The molecule has 3 atom stereocenters. The summed E-state index contributed by atoms with van der Waals surface area (Å²) in [4.78, 5) is 4.25. The summed E-state index contributed by atoms with van der Waals surface area (Å²) < 4.78 is 5.50. The number of nitrogens with zero attached hydrogens (tertiary/aromatic N) is 1. The Morgan fingerprint density at radius 2 is 2.33 bits per heavy atom. The first-order valence-corrected chi connectivity index (χ1v) is 6.80. The molecule has 3 N–H and O–H groups in total. The van der Waals surface area contributed by atoms with Crippen molar-refractivity contribution in [3.63, 3.8) is 0 Å². The van der Waals surface area contributed by atoms with E-state index in [-0.39, 0.29) is 6.04 Å². The Labute approximate surface area is 109 Å². The number of hydrogen-bond donors (Lipinski definition) is 2. The van der Waals surface area contributed by atoms with Crippen LogP contribution in [0.3, 0.4) is 0 Å². The van der Waals surface area contributed by atoms with Crippen LogP contribution >= 0.6 is 0 Å². The number of nitrogens with two attached hydrogens (primary N) is 1. The molecule has 1 aliphatic carbocycles. The molecule has 0 aliphatic heterocycles. The van der Waals surface area contributed by atoms with Crippen LogP contribution in [0.1, 0.15) is 44.7 Å². The third-order valence-electron chi connectivity index (χ3n) is 3.94. The first-order chi connectivity index (χ1) is 8.76. The van der Waals surface area contributed by atoms with Gasteiger partial charge in [-0.2, -0.15) is 0 Å². The number of rotatable bonds is 5. The first-order valence-electron chi connectivity index (χ1n) is 6.80. The van der Waals surface area contributed by atoms with E-state index in [0.29, 0.717) is 18.4 Å². The molecule has 1 aromatic rings. The lowest BCUT2D eigenvalue weighted by Gasteiger charge is -2.26. The lowest BCUT2D eigenvalue weighted by molar-refractivity contribution is 0.301. The van der Waals surface area contributed by atoms with Crippen LogP contribution in [0.15, 0.2) is 18.5 Å². The van der Waals surface area contributed by atoms with Crippen LogP contribution < -0.4 is 16.0 Å². The van der Waals surface area contributed by atoms with Crippen molar-refractivity contribution in [2.24, 2.45) is 17.7 Å². The maximum absolute atomic E-state index is 5.75. The lowest BCUT2D eigenvalue weighted by atomic mass is 9.87. The van der Waals surface area contributed by atoms with Gasteiger partial charge in [-0.15, -0.1) is 0 Å². The summed E-state index contributed by atoms with van der Waals surface area (Å²) in [5.41, 5.74) is 4.09. The maximum Gasteiger partial charge on any atom is 0.137 e. The molecule has 4 nitrogen and oxygen atoms in total. The summed E-state index contributed by atoms with van der Waals surface area (Å²) in [5.74, 6) is 7.87. The van der Waals surface area contributed by atoms with Crippen molar-refractivity contribution >= 4 is 0 Å². The minimum absolute atomic E-state index is 0.176. The van der Waals surface area contributed by atoms with Gasteiger partial charge in [0, 0.05) is 6.20 Å². The molecule has 0 saturated heterocycles. The Bertz CT molecular complexity index is 383. The summed E-state index contributed by atoms with van der Waals surface area (Å²) in [5, 5.41) is 0. The molecule has 1 aliphatic rings. The van der Waals surface area contributed by atoms with E-state index in [1.807, 2.05) is 19.2 Å². The summed E-state index contributed by atoms with van der Waals surface area (Å²) in [7, 11) is 0. The molecule has 3 unspecified atom stereocenters. The van der Waals surface area contributed by atoms with Crippen LogP contribution in [0.2, 0.25) is 0 Å². The van der Waals surface area contributed by atoms with E-state index < -0.39 is 0 Å². The summed E-state index contributed by atoms with van der Waals surface area (Å²) in [6.45, 7) is 4.94. The predicted octanol–water partition coefficient (Wildman–Crippen LogP) is 2.42. The van der Waals surface area contributed by atoms with E-state index >= 15 is 0 Å². The molecule has 0 spiro atoms. The first kappa shape index (κ1) is 13.3. The van der Waals surface area contributed by atoms with Crippen molar-refractivity contribution < 1.29 is 4.74 Å². The highest BCUT2D eigenvalue weighted by Gasteiger charge is 2.31. The highest BCUT2D eigenvalue weighted by Crippen LogP contribution is 2.39. The molecular weight excluding hydrogens is 226 g/mol. The Morgan fingerprint density at radius 1 is 1.50 bits per heavy atom. The van der Waals surface area contributed by atoms with Gasteiger partial charge in [0.25, 0.3) is 0 Å². The Hall–Kier alpha value is -1.13. The topological polar surface area (TPSA) is 60.2 Å². The van der Waals surface area contributed by atoms with E-state index in [2.05, 4.69) is 17.3 Å². The van der Waals surface area contributed by atoms with Gasteiger partial charge >= 0.3 is 0 Å². The molecule has 100 valence electrons. The molecule has 0 bridgehead atoms. The molecule has 1 saturated carbocycles. The van der Waals surface area contributed by atoms with Gasteiger partial charge < -0.3 is 4.74 Å². The highest BCUT2D eigenvalue weighted by atomic mass is 16.5. The van der Waals surface area contributed by atoms with Crippen molar-refractivity contribution in [2.45, 2.75) is 39.2 Å². The van der Waals surface area contributed by atoms with Gasteiger partial charge in [0.1, 0.15) is 5.75 Å². The smallest absolute Gasteiger partial charge is 0.137 e. The summed E-state index contributed by atoms with van der Waals surface area (Å²) in [6, 6.07) is 2.22. The normalized spacial score (nSPS) is 25.1. The van der Waals surface area contributed by atoms with Gasteiger partial charge in [-0.25, -0.2) is 0 Å². The Kier molecular flexibility index (Phi) is 4.55. The number of ether oxygens (including phenoxy) is 1. The molecule has 4 heteroatoms. The van der Waals surface area contributed by atoms with Gasteiger partial charge in [-0.3, -0.25) is 16.3 Å². The van der Waals surface area contributed by atoms with Crippen molar-refractivity contribution in [1.29, 1.82) is 0 Å². The van der Waals surface area contributed by atoms with Crippen LogP contribution in [0.25, 0.3) is 0 Å². The molecule has 1 aromatic heterocycles. The molecule has 0 radical (unpaired) electrons. The number of nitrogens with one attached hydrogen (secondary N) is 1. The Morgan fingerprint density at radius 3 is 2.94 bits per heavy atom. The second-order valence-electron chi connectivity index (χ2n) is 5.10. The van der Waals surface area contributed by atoms with E-state index in [0.717, 1.165) is 11.3 Å². The molecule has 18 heavy (non-hydrogen) atoms. The number of hydrazine groups is 1. The number of pyridine rings is 1. The predicted molar refractivity (Wildman–Crippen MR) is 72.0 cm³/mol. The zero-order valence-electron chi connectivity index (χ0n) is 11.2. The van der Waals surface area contributed by atoms with Gasteiger partial charge in [0.15, 0.2) is 0 Å². The summed E-state index contributed by atoms with van der Waals surface area (Å²) >= 11 is 0. The SMILES string of the molecule is CCOc1cncc(C(NN)C2CCCC2C)c1. The molecule has 1 fully saturated rings. The molecule has 0 amide bonds. The van der Waals surface area contributed by atoms with E-state index in [1.165, 1.54) is 19.3 Å². The quantitative estimate of drug-likeness (QED) is 0.621.